The molecule has 3 heteroatoms. The van der Waals surface area contributed by atoms with E-state index < -0.39 is 17.4 Å². The van der Waals surface area contributed by atoms with Crippen molar-refractivity contribution >= 4 is 22.6 Å². The van der Waals surface area contributed by atoms with Crippen LogP contribution in [0.1, 0.15) is 15.9 Å². The number of allylic oxidation sites excluding steroid dienone is 1. The van der Waals surface area contributed by atoms with Crippen molar-refractivity contribution in [3.8, 4) is 0 Å². The van der Waals surface area contributed by atoms with Gasteiger partial charge in [0.2, 0.25) is 0 Å². The van der Waals surface area contributed by atoms with Crippen molar-refractivity contribution in [2.24, 2.45) is 0 Å². The highest BCUT2D eigenvalue weighted by Crippen LogP contribution is 2.17. The van der Waals surface area contributed by atoms with Gasteiger partial charge in [0, 0.05) is 6.07 Å². The van der Waals surface area contributed by atoms with Crippen LogP contribution < -0.4 is 0 Å². The van der Waals surface area contributed by atoms with Crippen molar-refractivity contribution in [2.45, 2.75) is 0 Å². The molecule has 0 spiro atoms. The lowest BCUT2D eigenvalue weighted by Crippen LogP contribution is -1.99. The largest absolute Gasteiger partial charge is 0.289 e. The van der Waals surface area contributed by atoms with Crippen molar-refractivity contribution in [3.05, 3.63) is 89.5 Å². The SMILES string of the molecule is O=C(/C=C/c1ccc2ccccc2c1)c1ccc(F)cc1F. The average molecular weight is 294 g/mol. The Balaban J connectivity index is 1.87. The summed E-state index contributed by atoms with van der Waals surface area (Å²) < 4.78 is 26.4. The molecule has 22 heavy (non-hydrogen) atoms. The average Bonchev–Trinajstić information content (AvgIpc) is 2.52. The van der Waals surface area contributed by atoms with Gasteiger partial charge in [-0.05, 0) is 40.6 Å². The molecule has 0 heterocycles. The number of fused-ring (bicyclic) bond motifs is 1. The molecule has 0 aliphatic carbocycles. The summed E-state index contributed by atoms with van der Waals surface area (Å²) in [5.41, 5.74) is 0.702. The van der Waals surface area contributed by atoms with Gasteiger partial charge in [-0.1, -0.05) is 42.5 Å². The molecule has 108 valence electrons. The maximum Gasteiger partial charge on any atom is 0.188 e. The van der Waals surface area contributed by atoms with Crippen molar-refractivity contribution in [1.82, 2.24) is 0 Å². The number of hydrogen-bond donors (Lipinski definition) is 0. The normalized spacial score (nSPS) is 11.2. The number of rotatable bonds is 3. The van der Waals surface area contributed by atoms with Gasteiger partial charge in [-0.15, -0.1) is 0 Å². The van der Waals surface area contributed by atoms with Gasteiger partial charge in [0.05, 0.1) is 5.56 Å². The highest BCUT2D eigenvalue weighted by Gasteiger charge is 2.09. The fourth-order valence-electron chi connectivity index (χ4n) is 2.26. The minimum Gasteiger partial charge on any atom is -0.289 e. The van der Waals surface area contributed by atoms with E-state index in [-0.39, 0.29) is 5.56 Å². The lowest BCUT2D eigenvalue weighted by molar-refractivity contribution is 0.104. The van der Waals surface area contributed by atoms with Crippen LogP contribution in [0.25, 0.3) is 16.8 Å². The van der Waals surface area contributed by atoms with Crippen LogP contribution in [0.4, 0.5) is 8.78 Å². The third-order valence-electron chi connectivity index (χ3n) is 3.40. The summed E-state index contributed by atoms with van der Waals surface area (Å²) in [5, 5.41) is 2.17. The number of carbonyl (C=O) groups excluding carboxylic acids is 1. The van der Waals surface area contributed by atoms with Crippen molar-refractivity contribution in [1.29, 1.82) is 0 Å². The zero-order valence-corrected chi connectivity index (χ0v) is 11.6. The molecule has 0 aliphatic heterocycles. The monoisotopic (exact) mass is 294 g/mol. The summed E-state index contributed by atoms with van der Waals surface area (Å²) in [5.74, 6) is -2.05. The van der Waals surface area contributed by atoms with Crippen molar-refractivity contribution in [2.75, 3.05) is 0 Å². The van der Waals surface area contributed by atoms with E-state index in [1.54, 1.807) is 6.08 Å². The first-order chi connectivity index (χ1) is 10.6. The van der Waals surface area contributed by atoms with Crippen LogP contribution in [-0.2, 0) is 0 Å². The molecule has 0 saturated carbocycles. The molecule has 1 nitrogen and oxygen atoms in total. The second-order valence-electron chi connectivity index (χ2n) is 4.93. The van der Waals surface area contributed by atoms with E-state index in [1.165, 1.54) is 6.08 Å². The number of hydrogen-bond acceptors (Lipinski definition) is 1. The number of carbonyl (C=O) groups is 1. The highest BCUT2D eigenvalue weighted by molar-refractivity contribution is 6.07. The second kappa shape index (κ2) is 5.90. The van der Waals surface area contributed by atoms with Crippen LogP contribution in [0.15, 0.2) is 66.7 Å². The summed E-state index contributed by atoms with van der Waals surface area (Å²) in [4.78, 5) is 12.0. The third kappa shape index (κ3) is 2.93. The molecule has 0 saturated heterocycles. The van der Waals surface area contributed by atoms with Gasteiger partial charge < -0.3 is 0 Å². The molecule has 0 radical (unpaired) electrons. The first-order valence-electron chi connectivity index (χ1n) is 6.80. The molecule has 0 fully saturated rings. The van der Waals surface area contributed by atoms with Crippen molar-refractivity contribution in [3.63, 3.8) is 0 Å². The third-order valence-corrected chi connectivity index (χ3v) is 3.40. The molecule has 0 bridgehead atoms. The Kier molecular flexibility index (Phi) is 3.79. The van der Waals surface area contributed by atoms with Crippen LogP contribution in [0.5, 0.6) is 0 Å². The molecule has 0 atom stereocenters. The lowest BCUT2D eigenvalue weighted by Gasteiger charge is -2.00. The van der Waals surface area contributed by atoms with Gasteiger partial charge in [0.1, 0.15) is 11.6 Å². The standard InChI is InChI=1S/C19H12F2O/c20-16-8-9-17(18(21)12-16)19(22)10-6-13-5-7-14-3-1-2-4-15(14)11-13/h1-12H/b10-6+. The minimum atomic E-state index is -0.854. The molecule has 0 aliphatic rings. The molecule has 3 rings (SSSR count). The summed E-state index contributed by atoms with van der Waals surface area (Å²) >= 11 is 0. The van der Waals surface area contributed by atoms with Crippen LogP contribution in [0.3, 0.4) is 0 Å². The van der Waals surface area contributed by atoms with E-state index in [0.29, 0.717) is 6.07 Å². The zero-order valence-electron chi connectivity index (χ0n) is 11.6. The molecular formula is C19H12F2O. The summed E-state index contributed by atoms with van der Waals surface area (Å²) in [6.07, 6.45) is 2.91. The Bertz CT molecular complexity index is 881. The number of ketones is 1. The van der Waals surface area contributed by atoms with E-state index in [2.05, 4.69) is 0 Å². The quantitative estimate of drug-likeness (QED) is 0.490. The van der Waals surface area contributed by atoms with Crippen molar-refractivity contribution < 1.29 is 13.6 Å². The van der Waals surface area contributed by atoms with Gasteiger partial charge >= 0.3 is 0 Å². The smallest absolute Gasteiger partial charge is 0.188 e. The van der Waals surface area contributed by atoms with Crippen LogP contribution in [-0.4, -0.2) is 5.78 Å². The Morgan fingerprint density at radius 1 is 0.864 bits per heavy atom. The summed E-state index contributed by atoms with van der Waals surface area (Å²) in [6, 6.07) is 16.6. The predicted octanol–water partition coefficient (Wildman–Crippen LogP) is 5.01. The predicted molar refractivity (Wildman–Crippen MR) is 83.7 cm³/mol. The summed E-state index contributed by atoms with van der Waals surface area (Å²) in [7, 11) is 0. The molecule has 3 aromatic rings. The molecule has 0 unspecified atom stereocenters. The van der Waals surface area contributed by atoms with Gasteiger partial charge in [0.25, 0.3) is 0 Å². The Morgan fingerprint density at radius 3 is 2.41 bits per heavy atom. The van der Waals surface area contributed by atoms with E-state index in [1.807, 2.05) is 42.5 Å². The Hall–Kier alpha value is -2.81. The van der Waals surface area contributed by atoms with Crippen LogP contribution >= 0.6 is 0 Å². The van der Waals surface area contributed by atoms with E-state index in [9.17, 15) is 13.6 Å². The van der Waals surface area contributed by atoms with Crippen LogP contribution in [0.2, 0.25) is 0 Å². The fourth-order valence-corrected chi connectivity index (χ4v) is 2.26. The van der Waals surface area contributed by atoms with E-state index >= 15 is 0 Å². The van der Waals surface area contributed by atoms with Gasteiger partial charge in [0.15, 0.2) is 5.78 Å². The maximum atomic E-state index is 13.5. The molecular weight excluding hydrogens is 282 g/mol. The lowest BCUT2D eigenvalue weighted by atomic mass is 10.1. The van der Waals surface area contributed by atoms with E-state index in [0.717, 1.165) is 28.5 Å². The molecule has 0 aromatic heterocycles. The van der Waals surface area contributed by atoms with Gasteiger partial charge in [-0.3, -0.25) is 4.79 Å². The molecule has 0 amide bonds. The van der Waals surface area contributed by atoms with Gasteiger partial charge in [-0.25, -0.2) is 8.78 Å². The maximum absolute atomic E-state index is 13.5. The Labute approximate surface area is 126 Å². The first kappa shape index (κ1) is 14.1. The number of benzene rings is 3. The summed E-state index contributed by atoms with van der Waals surface area (Å²) in [6.45, 7) is 0. The minimum absolute atomic E-state index is 0.140. The molecule has 3 aromatic carbocycles. The first-order valence-corrected chi connectivity index (χ1v) is 6.80. The molecule has 0 N–H and O–H groups in total. The second-order valence-corrected chi connectivity index (χ2v) is 4.93. The van der Waals surface area contributed by atoms with Gasteiger partial charge in [-0.2, -0.15) is 0 Å². The topological polar surface area (TPSA) is 17.1 Å². The number of halogens is 2. The fraction of sp³-hybridized carbons (Fsp3) is 0. The highest BCUT2D eigenvalue weighted by atomic mass is 19.1. The van der Waals surface area contributed by atoms with Crippen LogP contribution in [0, 0.1) is 11.6 Å². The Morgan fingerprint density at radius 2 is 1.64 bits per heavy atom. The zero-order chi connectivity index (χ0) is 15.5. The van der Waals surface area contributed by atoms with E-state index in [4.69, 9.17) is 0 Å².